The van der Waals surface area contributed by atoms with Crippen molar-refractivity contribution in [3.63, 3.8) is 0 Å². The molecule has 6 nitrogen and oxygen atoms in total. The molecule has 2 aromatic carbocycles. The van der Waals surface area contributed by atoms with E-state index in [1.807, 2.05) is 6.92 Å². The van der Waals surface area contributed by atoms with Gasteiger partial charge in [-0.15, -0.1) is 0 Å². The number of benzene rings is 2. The second-order valence-corrected chi connectivity index (χ2v) is 10.9. The van der Waals surface area contributed by atoms with Crippen molar-refractivity contribution in [1.82, 2.24) is 15.3 Å². The second kappa shape index (κ2) is 10.1. The van der Waals surface area contributed by atoms with E-state index in [0.717, 1.165) is 46.5 Å². The van der Waals surface area contributed by atoms with Gasteiger partial charge in [0.25, 0.3) is 5.91 Å². The minimum absolute atomic E-state index is 0.0485. The van der Waals surface area contributed by atoms with Crippen LogP contribution in [-0.2, 0) is 0 Å². The van der Waals surface area contributed by atoms with Gasteiger partial charge >= 0.3 is 0 Å². The summed E-state index contributed by atoms with van der Waals surface area (Å²) >= 11 is 6.30. The van der Waals surface area contributed by atoms with E-state index in [4.69, 9.17) is 26.1 Å². The lowest BCUT2D eigenvalue weighted by Crippen LogP contribution is -2.29. The van der Waals surface area contributed by atoms with Gasteiger partial charge in [-0.2, -0.15) is 0 Å². The van der Waals surface area contributed by atoms with Gasteiger partial charge in [0.1, 0.15) is 28.5 Å². The Balaban J connectivity index is 1.31. The van der Waals surface area contributed by atoms with E-state index in [9.17, 15) is 9.18 Å². The topological polar surface area (TPSA) is 73.3 Å². The Morgan fingerprint density at radius 2 is 1.95 bits per heavy atom. The Bertz CT molecular complexity index is 1590. The maximum absolute atomic E-state index is 13.6. The van der Waals surface area contributed by atoms with Gasteiger partial charge in [0.05, 0.1) is 24.4 Å². The SMILES string of the molecule is COc1cc(C(=O)NCC(c2cc3c(c(-c4ccc(F)cc4)n2)OCC3C)C2CC2)cc2cc(Cl)c(C)nc12. The first-order valence-corrected chi connectivity index (χ1v) is 13.6. The maximum Gasteiger partial charge on any atom is 0.251 e. The molecule has 1 aliphatic heterocycles. The summed E-state index contributed by atoms with van der Waals surface area (Å²) in [5.74, 6) is 1.51. The maximum atomic E-state index is 13.6. The van der Waals surface area contributed by atoms with Crippen LogP contribution in [0.4, 0.5) is 4.39 Å². The van der Waals surface area contributed by atoms with Crippen molar-refractivity contribution in [2.75, 3.05) is 20.3 Å². The van der Waals surface area contributed by atoms with E-state index in [-0.39, 0.29) is 23.6 Å². The summed E-state index contributed by atoms with van der Waals surface area (Å²) in [6.45, 7) is 5.00. The molecule has 2 aromatic heterocycles. The molecule has 0 spiro atoms. The molecule has 39 heavy (non-hydrogen) atoms. The fourth-order valence-electron chi connectivity index (χ4n) is 5.31. The van der Waals surface area contributed by atoms with Crippen molar-refractivity contribution in [2.24, 2.45) is 5.92 Å². The Kier molecular flexibility index (Phi) is 6.63. The van der Waals surface area contributed by atoms with E-state index < -0.39 is 0 Å². The number of carbonyl (C=O) groups excluding carboxylic acids is 1. The van der Waals surface area contributed by atoms with Crippen LogP contribution in [0, 0.1) is 18.7 Å². The molecule has 0 radical (unpaired) electrons. The lowest BCUT2D eigenvalue weighted by atomic mass is 9.93. The average molecular weight is 546 g/mol. The molecule has 2 aliphatic rings. The van der Waals surface area contributed by atoms with Crippen molar-refractivity contribution >= 4 is 28.4 Å². The number of methoxy groups -OCH3 is 1. The molecular weight excluding hydrogens is 517 g/mol. The zero-order valence-corrected chi connectivity index (χ0v) is 22.8. The van der Waals surface area contributed by atoms with Crippen LogP contribution in [0.3, 0.4) is 0 Å². The molecule has 4 aromatic rings. The highest BCUT2D eigenvalue weighted by atomic mass is 35.5. The number of rotatable bonds is 7. The summed E-state index contributed by atoms with van der Waals surface area (Å²) in [6.07, 6.45) is 2.18. The summed E-state index contributed by atoms with van der Waals surface area (Å²) in [6, 6.07) is 13.8. The molecule has 8 heteroatoms. The normalized spacial score (nSPS) is 17.0. The van der Waals surface area contributed by atoms with Crippen molar-refractivity contribution < 1.29 is 18.7 Å². The molecule has 1 amide bonds. The number of hydrogen-bond donors (Lipinski definition) is 1. The first kappa shape index (κ1) is 25.6. The van der Waals surface area contributed by atoms with Gasteiger partial charge < -0.3 is 14.8 Å². The van der Waals surface area contributed by atoms with E-state index in [0.29, 0.717) is 46.6 Å². The van der Waals surface area contributed by atoms with Gasteiger partial charge in [0, 0.05) is 46.2 Å². The molecule has 6 rings (SSSR count). The second-order valence-electron chi connectivity index (χ2n) is 10.5. The number of pyridine rings is 2. The molecule has 1 fully saturated rings. The Labute approximate surface area is 231 Å². The third kappa shape index (κ3) is 4.91. The first-order valence-electron chi connectivity index (χ1n) is 13.2. The van der Waals surface area contributed by atoms with Gasteiger partial charge in [-0.1, -0.05) is 18.5 Å². The number of nitrogens with one attached hydrogen (secondary N) is 1. The average Bonchev–Trinajstić information content (AvgIpc) is 3.71. The van der Waals surface area contributed by atoms with Gasteiger partial charge in [-0.3, -0.25) is 4.79 Å². The van der Waals surface area contributed by atoms with Crippen LogP contribution in [0.1, 0.15) is 58.9 Å². The van der Waals surface area contributed by atoms with Crippen LogP contribution in [0.2, 0.25) is 5.02 Å². The lowest BCUT2D eigenvalue weighted by Gasteiger charge is -2.20. The Morgan fingerprint density at radius 3 is 2.67 bits per heavy atom. The van der Waals surface area contributed by atoms with Crippen molar-refractivity contribution in [3.05, 3.63) is 81.9 Å². The van der Waals surface area contributed by atoms with Crippen LogP contribution >= 0.6 is 11.6 Å². The molecule has 2 unspecified atom stereocenters. The lowest BCUT2D eigenvalue weighted by molar-refractivity contribution is 0.0950. The predicted molar refractivity (Wildman–Crippen MR) is 149 cm³/mol. The fraction of sp³-hybridized carbons (Fsp3) is 0.323. The predicted octanol–water partition coefficient (Wildman–Crippen LogP) is 6.83. The van der Waals surface area contributed by atoms with E-state index in [1.165, 1.54) is 12.1 Å². The highest BCUT2D eigenvalue weighted by Crippen LogP contribution is 2.46. The number of fused-ring (bicyclic) bond motifs is 2. The first-order chi connectivity index (χ1) is 18.8. The van der Waals surface area contributed by atoms with Crippen LogP contribution in [0.25, 0.3) is 22.2 Å². The van der Waals surface area contributed by atoms with Gasteiger partial charge in [-0.05, 0) is 74.2 Å². The van der Waals surface area contributed by atoms with Crippen molar-refractivity contribution in [2.45, 2.75) is 38.5 Å². The summed E-state index contributed by atoms with van der Waals surface area (Å²) in [5.41, 5.74) is 5.42. The smallest absolute Gasteiger partial charge is 0.251 e. The number of halogens is 2. The Hall–Kier alpha value is -3.71. The summed E-state index contributed by atoms with van der Waals surface area (Å²) in [7, 11) is 1.56. The Morgan fingerprint density at radius 1 is 1.18 bits per heavy atom. The van der Waals surface area contributed by atoms with Gasteiger partial charge in [0.15, 0.2) is 0 Å². The number of aryl methyl sites for hydroxylation is 1. The van der Waals surface area contributed by atoms with E-state index in [2.05, 4.69) is 23.3 Å². The highest BCUT2D eigenvalue weighted by molar-refractivity contribution is 6.31. The van der Waals surface area contributed by atoms with E-state index >= 15 is 0 Å². The summed E-state index contributed by atoms with van der Waals surface area (Å²) < 4.78 is 25.2. The molecule has 1 aliphatic carbocycles. The molecule has 0 bridgehead atoms. The van der Waals surface area contributed by atoms with Crippen molar-refractivity contribution in [3.8, 4) is 22.8 Å². The molecule has 0 saturated heterocycles. The minimum atomic E-state index is -0.294. The fourth-order valence-corrected chi connectivity index (χ4v) is 5.47. The number of ether oxygens (including phenoxy) is 2. The van der Waals surface area contributed by atoms with Crippen LogP contribution in [0.5, 0.6) is 11.5 Å². The van der Waals surface area contributed by atoms with Gasteiger partial charge in [-0.25, -0.2) is 14.4 Å². The van der Waals surface area contributed by atoms with Gasteiger partial charge in [0.2, 0.25) is 0 Å². The van der Waals surface area contributed by atoms with Crippen LogP contribution in [0.15, 0.2) is 48.5 Å². The number of hydrogen-bond acceptors (Lipinski definition) is 5. The molecule has 1 N–H and O–H groups in total. The number of carbonyl (C=O) groups is 1. The molecule has 2 atom stereocenters. The quantitative estimate of drug-likeness (QED) is 0.276. The monoisotopic (exact) mass is 545 g/mol. The number of amides is 1. The summed E-state index contributed by atoms with van der Waals surface area (Å²) in [5, 5.41) is 4.42. The number of nitrogens with zero attached hydrogens (tertiary/aromatic N) is 2. The standard InChI is InChI=1S/C31H29ClFN3O3/c1-16-15-39-30-23(16)13-26(36-29(30)19-6-8-22(33)9-7-19)24(18-4-5-18)14-34-31(37)21-10-20-11-25(32)17(2)35-28(20)27(12-21)38-3/h6-13,16,18,24H,4-5,14-15H2,1-3H3,(H,34,37). The highest BCUT2D eigenvalue weighted by Gasteiger charge is 2.36. The molecular formula is C31H29ClFN3O3. The zero-order chi connectivity index (χ0) is 27.3. The zero-order valence-electron chi connectivity index (χ0n) is 22.1. The summed E-state index contributed by atoms with van der Waals surface area (Å²) in [4.78, 5) is 22.9. The third-order valence-electron chi connectivity index (χ3n) is 7.70. The van der Waals surface area contributed by atoms with E-state index in [1.54, 1.807) is 37.4 Å². The number of aromatic nitrogens is 2. The third-order valence-corrected chi connectivity index (χ3v) is 8.08. The molecule has 1 saturated carbocycles. The molecule has 200 valence electrons. The minimum Gasteiger partial charge on any atom is -0.494 e. The van der Waals surface area contributed by atoms with Crippen LogP contribution in [-0.4, -0.2) is 36.1 Å². The largest absolute Gasteiger partial charge is 0.494 e. The van der Waals surface area contributed by atoms with Crippen molar-refractivity contribution in [1.29, 1.82) is 0 Å². The van der Waals surface area contributed by atoms with Crippen LogP contribution < -0.4 is 14.8 Å². The molecule has 3 heterocycles.